The highest BCUT2D eigenvalue weighted by Gasteiger charge is 2.19. The summed E-state index contributed by atoms with van der Waals surface area (Å²) in [5.74, 6) is 0. The number of nitrogens with one attached hydrogen (secondary N) is 1. The van der Waals surface area contributed by atoms with E-state index in [9.17, 15) is 0 Å². The van der Waals surface area contributed by atoms with E-state index in [1.54, 1.807) is 0 Å². The Morgan fingerprint density at radius 1 is 1.26 bits per heavy atom. The molecule has 1 aliphatic heterocycles. The van der Waals surface area contributed by atoms with Gasteiger partial charge in [0.15, 0.2) is 0 Å². The third-order valence-corrected chi connectivity index (χ3v) is 3.98. The molecule has 1 N–H and O–H groups in total. The van der Waals surface area contributed by atoms with Gasteiger partial charge in [0.05, 0.1) is 0 Å². The fourth-order valence-electron chi connectivity index (χ4n) is 2.77. The van der Waals surface area contributed by atoms with Crippen molar-refractivity contribution >= 4 is 0 Å². The molecule has 0 atom stereocenters. The molecule has 1 aromatic rings. The fourth-order valence-corrected chi connectivity index (χ4v) is 2.77. The molecule has 1 aromatic carbocycles. The van der Waals surface area contributed by atoms with Crippen LogP contribution in [0.2, 0.25) is 0 Å². The van der Waals surface area contributed by atoms with Crippen LogP contribution in [0.4, 0.5) is 0 Å². The van der Waals surface area contributed by atoms with Gasteiger partial charge in [-0.2, -0.15) is 0 Å². The maximum absolute atomic E-state index is 3.59. The van der Waals surface area contributed by atoms with Crippen LogP contribution < -0.4 is 5.32 Å². The van der Waals surface area contributed by atoms with Crippen molar-refractivity contribution in [1.82, 2.24) is 10.2 Å². The summed E-state index contributed by atoms with van der Waals surface area (Å²) < 4.78 is 0. The van der Waals surface area contributed by atoms with Gasteiger partial charge in [-0.3, -0.25) is 4.90 Å². The first-order valence-electron chi connectivity index (χ1n) is 7.49. The van der Waals surface area contributed by atoms with Crippen molar-refractivity contribution in [3.8, 4) is 0 Å². The lowest BCUT2D eigenvalue weighted by Gasteiger charge is -2.26. The SMILES string of the molecule is CC1=CCCN(Cc2cccc(CNC3CC3)c2)C1. The molecule has 102 valence electrons. The Bertz CT molecular complexity index is 460. The lowest BCUT2D eigenvalue weighted by molar-refractivity contribution is 0.282. The summed E-state index contributed by atoms with van der Waals surface area (Å²) in [6.07, 6.45) is 6.29. The summed E-state index contributed by atoms with van der Waals surface area (Å²) in [4.78, 5) is 2.54. The highest BCUT2D eigenvalue weighted by molar-refractivity contribution is 5.24. The Labute approximate surface area is 116 Å². The van der Waals surface area contributed by atoms with E-state index in [1.165, 1.54) is 42.5 Å². The number of hydrogen-bond acceptors (Lipinski definition) is 2. The molecule has 2 heteroatoms. The predicted octanol–water partition coefficient (Wildman–Crippen LogP) is 3.09. The normalized spacial score (nSPS) is 20.4. The second-order valence-corrected chi connectivity index (χ2v) is 6.02. The summed E-state index contributed by atoms with van der Waals surface area (Å²) in [5.41, 5.74) is 4.39. The lowest BCUT2D eigenvalue weighted by atomic mass is 10.1. The molecule has 19 heavy (non-hydrogen) atoms. The third kappa shape index (κ3) is 3.92. The molecule has 1 aliphatic carbocycles. The monoisotopic (exact) mass is 256 g/mol. The highest BCUT2D eigenvalue weighted by Crippen LogP contribution is 2.20. The molecule has 1 fully saturated rings. The Balaban J connectivity index is 1.57. The Morgan fingerprint density at radius 3 is 2.89 bits per heavy atom. The van der Waals surface area contributed by atoms with Gasteiger partial charge in [0, 0.05) is 32.2 Å². The van der Waals surface area contributed by atoms with Crippen LogP contribution in [0.3, 0.4) is 0 Å². The van der Waals surface area contributed by atoms with E-state index in [4.69, 9.17) is 0 Å². The third-order valence-electron chi connectivity index (χ3n) is 3.98. The van der Waals surface area contributed by atoms with Crippen molar-refractivity contribution in [1.29, 1.82) is 0 Å². The van der Waals surface area contributed by atoms with Gasteiger partial charge >= 0.3 is 0 Å². The van der Waals surface area contributed by atoms with Crippen LogP contribution in [-0.4, -0.2) is 24.0 Å². The zero-order valence-electron chi connectivity index (χ0n) is 11.9. The van der Waals surface area contributed by atoms with Gasteiger partial charge in [-0.25, -0.2) is 0 Å². The number of rotatable bonds is 5. The van der Waals surface area contributed by atoms with Crippen molar-refractivity contribution in [2.45, 2.75) is 45.3 Å². The molecule has 0 amide bonds. The van der Waals surface area contributed by atoms with Crippen molar-refractivity contribution in [3.05, 3.63) is 47.0 Å². The molecule has 1 saturated carbocycles. The first-order chi connectivity index (χ1) is 9.29. The minimum absolute atomic E-state index is 0.790. The van der Waals surface area contributed by atoms with E-state index in [-0.39, 0.29) is 0 Å². The van der Waals surface area contributed by atoms with Gasteiger partial charge < -0.3 is 5.32 Å². The highest BCUT2D eigenvalue weighted by atomic mass is 15.1. The summed E-state index contributed by atoms with van der Waals surface area (Å²) in [6.45, 7) is 6.68. The Hall–Kier alpha value is -1.12. The quantitative estimate of drug-likeness (QED) is 0.814. The largest absolute Gasteiger partial charge is 0.310 e. The van der Waals surface area contributed by atoms with Crippen LogP contribution in [0.25, 0.3) is 0 Å². The average Bonchev–Trinajstić information content (AvgIpc) is 3.21. The van der Waals surface area contributed by atoms with E-state index in [2.05, 4.69) is 47.5 Å². The van der Waals surface area contributed by atoms with Crippen molar-refractivity contribution in [2.24, 2.45) is 0 Å². The lowest BCUT2D eigenvalue weighted by Crippen LogP contribution is -2.28. The second kappa shape index (κ2) is 5.89. The zero-order chi connectivity index (χ0) is 13.1. The van der Waals surface area contributed by atoms with Gasteiger partial charge in [-0.1, -0.05) is 35.9 Å². The van der Waals surface area contributed by atoms with E-state index in [0.29, 0.717) is 0 Å². The molecule has 0 bridgehead atoms. The van der Waals surface area contributed by atoms with Gasteiger partial charge in [-0.05, 0) is 37.3 Å². The fraction of sp³-hybridized carbons (Fsp3) is 0.529. The van der Waals surface area contributed by atoms with Gasteiger partial charge in [-0.15, -0.1) is 0 Å². The van der Waals surface area contributed by atoms with E-state index >= 15 is 0 Å². The molecule has 0 aromatic heterocycles. The first kappa shape index (κ1) is 12.9. The van der Waals surface area contributed by atoms with Crippen LogP contribution in [0.1, 0.15) is 37.3 Å². The summed E-state index contributed by atoms with van der Waals surface area (Å²) >= 11 is 0. The van der Waals surface area contributed by atoms with Crippen LogP contribution >= 0.6 is 0 Å². The Morgan fingerprint density at radius 2 is 2.11 bits per heavy atom. The molecule has 2 aliphatic rings. The molecular formula is C17H24N2. The van der Waals surface area contributed by atoms with Gasteiger partial charge in [0.25, 0.3) is 0 Å². The molecule has 0 unspecified atom stereocenters. The summed E-state index contributed by atoms with van der Waals surface area (Å²) in [7, 11) is 0. The molecule has 1 heterocycles. The predicted molar refractivity (Wildman–Crippen MR) is 80.0 cm³/mol. The zero-order valence-corrected chi connectivity index (χ0v) is 11.9. The van der Waals surface area contributed by atoms with Crippen LogP contribution in [-0.2, 0) is 13.1 Å². The molecular weight excluding hydrogens is 232 g/mol. The molecule has 0 radical (unpaired) electrons. The standard InChI is InChI=1S/C17H24N2/c1-14-4-3-9-19(12-14)13-16-6-2-5-15(10-16)11-18-17-7-8-17/h2,4-6,10,17-18H,3,7-9,11-13H2,1H3. The number of benzene rings is 1. The van der Waals surface area contributed by atoms with Crippen molar-refractivity contribution in [2.75, 3.05) is 13.1 Å². The maximum atomic E-state index is 3.59. The molecule has 0 spiro atoms. The summed E-state index contributed by atoms with van der Waals surface area (Å²) in [5, 5.41) is 3.59. The number of nitrogens with zero attached hydrogens (tertiary/aromatic N) is 1. The minimum atomic E-state index is 0.790. The average molecular weight is 256 g/mol. The van der Waals surface area contributed by atoms with E-state index in [1.807, 2.05) is 0 Å². The topological polar surface area (TPSA) is 15.3 Å². The molecule has 0 saturated heterocycles. The van der Waals surface area contributed by atoms with Gasteiger partial charge in [0.1, 0.15) is 0 Å². The van der Waals surface area contributed by atoms with E-state index < -0.39 is 0 Å². The summed E-state index contributed by atoms with van der Waals surface area (Å²) in [6, 6.07) is 9.85. The van der Waals surface area contributed by atoms with Crippen molar-refractivity contribution in [3.63, 3.8) is 0 Å². The van der Waals surface area contributed by atoms with Crippen LogP contribution in [0.15, 0.2) is 35.9 Å². The molecule has 2 nitrogen and oxygen atoms in total. The molecule has 3 rings (SSSR count). The van der Waals surface area contributed by atoms with Crippen LogP contribution in [0.5, 0.6) is 0 Å². The number of hydrogen-bond donors (Lipinski definition) is 1. The first-order valence-corrected chi connectivity index (χ1v) is 7.49. The van der Waals surface area contributed by atoms with Crippen molar-refractivity contribution < 1.29 is 0 Å². The minimum Gasteiger partial charge on any atom is -0.310 e. The van der Waals surface area contributed by atoms with Gasteiger partial charge in [0.2, 0.25) is 0 Å². The maximum Gasteiger partial charge on any atom is 0.0237 e. The Kier molecular flexibility index (Phi) is 4.00. The van der Waals surface area contributed by atoms with E-state index in [0.717, 1.165) is 25.7 Å². The second-order valence-electron chi connectivity index (χ2n) is 6.02. The van der Waals surface area contributed by atoms with Crippen LogP contribution in [0, 0.1) is 0 Å². The smallest absolute Gasteiger partial charge is 0.0237 e.